The van der Waals surface area contributed by atoms with Crippen LogP contribution in [0, 0.1) is 13.8 Å². The van der Waals surface area contributed by atoms with Crippen molar-refractivity contribution in [2.45, 2.75) is 31.7 Å². The molecule has 1 aromatic heterocycles. The topological polar surface area (TPSA) is 75.7 Å². The number of amides is 1. The minimum Gasteiger partial charge on any atom is -0.496 e. The number of aryl methyl sites for hydroxylation is 2. The first-order valence-corrected chi connectivity index (χ1v) is 12.3. The Morgan fingerprint density at radius 2 is 1.84 bits per heavy atom. The normalized spacial score (nSPS) is 13.6. The molecule has 0 bridgehead atoms. The number of nitrogens with zero attached hydrogens (tertiary/aromatic N) is 1. The SMILES string of the molecule is COc1c(C)cc(S(=O)(=O)Nc2ccc3c(c2)CN(C(=O)c2cccs2)CC3)cc1C. The maximum atomic E-state index is 13.0. The van der Waals surface area contributed by atoms with E-state index in [1.165, 1.54) is 11.3 Å². The number of sulfonamides is 1. The second-order valence-corrected chi connectivity index (χ2v) is 10.3. The first-order valence-electron chi connectivity index (χ1n) is 9.91. The van der Waals surface area contributed by atoms with E-state index < -0.39 is 10.0 Å². The van der Waals surface area contributed by atoms with E-state index in [4.69, 9.17) is 4.74 Å². The van der Waals surface area contributed by atoms with Crippen molar-refractivity contribution in [3.05, 3.63) is 75.0 Å². The van der Waals surface area contributed by atoms with E-state index in [0.717, 1.165) is 28.7 Å². The van der Waals surface area contributed by atoms with Gasteiger partial charge in [0.15, 0.2) is 0 Å². The van der Waals surface area contributed by atoms with E-state index in [2.05, 4.69) is 4.72 Å². The number of hydrogen-bond donors (Lipinski definition) is 1. The molecule has 6 nitrogen and oxygen atoms in total. The Bertz CT molecular complexity index is 1210. The first kappa shape index (κ1) is 21.4. The molecule has 0 aliphatic carbocycles. The minimum absolute atomic E-state index is 0.0100. The molecule has 1 aliphatic rings. The second kappa shape index (κ2) is 8.36. The van der Waals surface area contributed by atoms with Crippen LogP contribution in [0.3, 0.4) is 0 Å². The Morgan fingerprint density at radius 1 is 1.10 bits per heavy atom. The largest absolute Gasteiger partial charge is 0.496 e. The highest BCUT2D eigenvalue weighted by Gasteiger charge is 2.24. The number of rotatable bonds is 5. The standard InChI is InChI=1S/C23H24N2O4S2/c1-15-11-20(12-16(2)22(15)29-3)31(27,28)24-19-7-6-17-8-9-25(14-18(17)13-19)23(26)21-5-4-10-30-21/h4-7,10-13,24H,8-9,14H2,1-3H3. The van der Waals surface area contributed by atoms with Gasteiger partial charge in [-0.2, -0.15) is 0 Å². The quantitative estimate of drug-likeness (QED) is 0.619. The van der Waals surface area contributed by atoms with Crippen LogP contribution in [-0.2, 0) is 23.0 Å². The summed E-state index contributed by atoms with van der Waals surface area (Å²) >= 11 is 1.43. The number of benzene rings is 2. The van der Waals surface area contributed by atoms with Crippen molar-refractivity contribution in [3.63, 3.8) is 0 Å². The van der Waals surface area contributed by atoms with Gasteiger partial charge in [-0.05, 0) is 78.2 Å². The second-order valence-electron chi connectivity index (χ2n) is 7.63. The van der Waals surface area contributed by atoms with Gasteiger partial charge in [0.05, 0.1) is 16.9 Å². The van der Waals surface area contributed by atoms with Crippen LogP contribution < -0.4 is 9.46 Å². The van der Waals surface area contributed by atoms with Gasteiger partial charge >= 0.3 is 0 Å². The molecule has 1 N–H and O–H groups in total. The smallest absolute Gasteiger partial charge is 0.264 e. The zero-order chi connectivity index (χ0) is 22.2. The highest BCUT2D eigenvalue weighted by atomic mass is 32.2. The third-order valence-corrected chi connectivity index (χ3v) is 7.66. The lowest BCUT2D eigenvalue weighted by Crippen LogP contribution is -2.35. The van der Waals surface area contributed by atoms with Gasteiger partial charge in [-0.15, -0.1) is 11.3 Å². The Kier molecular flexibility index (Phi) is 5.77. The van der Waals surface area contributed by atoms with Crippen molar-refractivity contribution >= 4 is 33.0 Å². The number of nitrogens with one attached hydrogen (secondary N) is 1. The van der Waals surface area contributed by atoms with Crippen LogP contribution in [0.5, 0.6) is 5.75 Å². The minimum atomic E-state index is -3.76. The summed E-state index contributed by atoms with van der Waals surface area (Å²) in [6, 6.07) is 12.4. The number of carbonyl (C=O) groups excluding carboxylic acids is 1. The van der Waals surface area contributed by atoms with E-state index in [9.17, 15) is 13.2 Å². The Morgan fingerprint density at radius 3 is 2.48 bits per heavy atom. The maximum absolute atomic E-state index is 13.0. The monoisotopic (exact) mass is 456 g/mol. The first-order chi connectivity index (χ1) is 14.8. The van der Waals surface area contributed by atoms with Crippen molar-refractivity contribution in [2.24, 2.45) is 0 Å². The van der Waals surface area contributed by atoms with Crippen LogP contribution in [0.2, 0.25) is 0 Å². The average molecular weight is 457 g/mol. The number of thiophene rings is 1. The number of hydrogen-bond acceptors (Lipinski definition) is 5. The van der Waals surface area contributed by atoms with Crippen LogP contribution in [0.1, 0.15) is 31.9 Å². The molecule has 2 aromatic carbocycles. The lowest BCUT2D eigenvalue weighted by atomic mass is 9.99. The molecule has 162 valence electrons. The van der Waals surface area contributed by atoms with Gasteiger partial charge in [0, 0.05) is 18.8 Å². The van der Waals surface area contributed by atoms with Gasteiger partial charge in [-0.25, -0.2) is 8.42 Å². The van der Waals surface area contributed by atoms with Crippen molar-refractivity contribution in [1.82, 2.24) is 4.90 Å². The Balaban J connectivity index is 1.57. The molecule has 4 rings (SSSR count). The molecule has 0 spiro atoms. The summed E-state index contributed by atoms with van der Waals surface area (Å²) in [5.74, 6) is 0.694. The molecule has 0 radical (unpaired) electrons. The maximum Gasteiger partial charge on any atom is 0.264 e. The molecule has 1 amide bonds. The van der Waals surface area contributed by atoms with E-state index in [1.807, 2.05) is 48.4 Å². The summed E-state index contributed by atoms with van der Waals surface area (Å²) in [5.41, 5.74) is 4.09. The predicted octanol–water partition coefficient (Wildman–Crippen LogP) is 4.37. The van der Waals surface area contributed by atoms with E-state index in [1.54, 1.807) is 25.3 Å². The highest BCUT2D eigenvalue weighted by molar-refractivity contribution is 7.92. The fourth-order valence-corrected chi connectivity index (χ4v) is 5.86. The third kappa shape index (κ3) is 4.31. The third-order valence-electron chi connectivity index (χ3n) is 5.44. The fraction of sp³-hybridized carbons (Fsp3) is 0.261. The Hall–Kier alpha value is -2.84. The molecule has 31 heavy (non-hydrogen) atoms. The van der Waals surface area contributed by atoms with Gasteiger partial charge in [0.25, 0.3) is 15.9 Å². The van der Waals surface area contributed by atoms with E-state index in [0.29, 0.717) is 29.4 Å². The molecule has 0 saturated carbocycles. The number of anilines is 1. The molecular formula is C23H24N2O4S2. The lowest BCUT2D eigenvalue weighted by Gasteiger charge is -2.29. The summed E-state index contributed by atoms with van der Waals surface area (Å²) in [7, 11) is -2.19. The molecule has 1 aliphatic heterocycles. The van der Waals surface area contributed by atoms with Crippen LogP contribution in [0.15, 0.2) is 52.7 Å². The average Bonchev–Trinajstić information content (AvgIpc) is 3.27. The number of fused-ring (bicyclic) bond motifs is 1. The zero-order valence-electron chi connectivity index (χ0n) is 17.6. The highest BCUT2D eigenvalue weighted by Crippen LogP contribution is 2.29. The molecule has 0 unspecified atom stereocenters. The van der Waals surface area contributed by atoms with Crippen LogP contribution >= 0.6 is 11.3 Å². The molecule has 3 aromatic rings. The van der Waals surface area contributed by atoms with Gasteiger partial charge in [-0.1, -0.05) is 12.1 Å². The summed E-state index contributed by atoms with van der Waals surface area (Å²) in [6.07, 6.45) is 0.746. The van der Waals surface area contributed by atoms with Crippen molar-refractivity contribution < 1.29 is 17.9 Å². The molecule has 8 heteroatoms. The summed E-state index contributed by atoms with van der Waals surface area (Å²) < 4.78 is 34.0. The van der Waals surface area contributed by atoms with Crippen LogP contribution in [0.25, 0.3) is 0 Å². The van der Waals surface area contributed by atoms with E-state index in [-0.39, 0.29) is 10.8 Å². The molecule has 2 heterocycles. The summed E-state index contributed by atoms with van der Waals surface area (Å²) in [6.45, 7) is 4.76. The van der Waals surface area contributed by atoms with Gasteiger partial charge in [0.1, 0.15) is 5.75 Å². The number of methoxy groups -OCH3 is 1. The lowest BCUT2D eigenvalue weighted by molar-refractivity contribution is 0.0739. The van der Waals surface area contributed by atoms with Crippen molar-refractivity contribution in [3.8, 4) is 5.75 Å². The van der Waals surface area contributed by atoms with Gasteiger partial charge in [-0.3, -0.25) is 9.52 Å². The Labute approximate surface area is 186 Å². The van der Waals surface area contributed by atoms with Crippen LogP contribution in [-0.4, -0.2) is 32.9 Å². The number of ether oxygens (including phenoxy) is 1. The molecule has 0 saturated heterocycles. The summed E-state index contributed by atoms with van der Waals surface area (Å²) in [5, 5.41) is 1.89. The van der Waals surface area contributed by atoms with Crippen LogP contribution in [0.4, 0.5) is 5.69 Å². The van der Waals surface area contributed by atoms with Crippen molar-refractivity contribution in [1.29, 1.82) is 0 Å². The molecule has 0 atom stereocenters. The predicted molar refractivity (Wildman–Crippen MR) is 122 cm³/mol. The fourth-order valence-electron chi connectivity index (χ4n) is 3.95. The van der Waals surface area contributed by atoms with Gasteiger partial charge in [0.2, 0.25) is 0 Å². The van der Waals surface area contributed by atoms with Crippen molar-refractivity contribution in [2.75, 3.05) is 18.4 Å². The van der Waals surface area contributed by atoms with Gasteiger partial charge < -0.3 is 9.64 Å². The van der Waals surface area contributed by atoms with E-state index >= 15 is 0 Å². The summed E-state index contributed by atoms with van der Waals surface area (Å²) in [4.78, 5) is 15.4. The number of carbonyl (C=O) groups is 1. The molecular weight excluding hydrogens is 432 g/mol. The molecule has 0 fully saturated rings. The zero-order valence-corrected chi connectivity index (χ0v) is 19.3.